The fraction of sp³-hybridized carbons (Fsp3) is 0.100. The number of aliphatic imine (C=N–C) groups is 1. The standard InChI is InChI=1S/C10H8N6O3S/c11-5-8-9(17)14-10(13-8)16-15-6-1-3-7(4-2-6)20(12,18)19/h1-4,8H,(H2,12,18,19)(H,13,14,17). The van der Waals surface area contributed by atoms with E-state index >= 15 is 0 Å². The van der Waals surface area contributed by atoms with Crippen molar-refractivity contribution in [2.45, 2.75) is 10.9 Å². The summed E-state index contributed by atoms with van der Waals surface area (Å²) in [5.74, 6) is -0.636. The van der Waals surface area contributed by atoms with Crippen molar-refractivity contribution in [1.82, 2.24) is 5.32 Å². The molecule has 1 heterocycles. The van der Waals surface area contributed by atoms with E-state index in [0.717, 1.165) is 0 Å². The van der Waals surface area contributed by atoms with Gasteiger partial charge in [-0.3, -0.25) is 10.1 Å². The Labute approximate surface area is 113 Å². The van der Waals surface area contributed by atoms with Crippen molar-refractivity contribution in [2.24, 2.45) is 20.4 Å². The Kier molecular flexibility index (Phi) is 3.55. The van der Waals surface area contributed by atoms with Gasteiger partial charge in [0.05, 0.1) is 16.7 Å². The fourth-order valence-electron chi connectivity index (χ4n) is 1.34. The molecule has 1 aliphatic heterocycles. The van der Waals surface area contributed by atoms with Gasteiger partial charge in [0.1, 0.15) is 0 Å². The minimum atomic E-state index is -3.76. The fourth-order valence-corrected chi connectivity index (χ4v) is 1.85. The first-order chi connectivity index (χ1) is 9.40. The van der Waals surface area contributed by atoms with Gasteiger partial charge in [-0.05, 0) is 24.3 Å². The molecule has 0 fully saturated rings. The van der Waals surface area contributed by atoms with Crippen LogP contribution in [0.2, 0.25) is 0 Å². The van der Waals surface area contributed by atoms with E-state index < -0.39 is 22.0 Å². The predicted molar refractivity (Wildman–Crippen MR) is 67.3 cm³/mol. The highest BCUT2D eigenvalue weighted by Crippen LogP contribution is 2.16. The molecule has 0 bridgehead atoms. The highest BCUT2D eigenvalue weighted by atomic mass is 32.2. The maximum atomic E-state index is 11.2. The molecule has 20 heavy (non-hydrogen) atoms. The monoisotopic (exact) mass is 292 g/mol. The average Bonchev–Trinajstić information content (AvgIpc) is 2.76. The first-order valence-electron chi connectivity index (χ1n) is 5.23. The van der Waals surface area contributed by atoms with Gasteiger partial charge in [0.15, 0.2) is 0 Å². The lowest BCUT2D eigenvalue weighted by Gasteiger charge is -1.97. The number of amides is 1. The predicted octanol–water partition coefficient (Wildman–Crippen LogP) is -0.204. The molecular weight excluding hydrogens is 284 g/mol. The van der Waals surface area contributed by atoms with Gasteiger partial charge in [0.2, 0.25) is 22.0 Å². The summed E-state index contributed by atoms with van der Waals surface area (Å²) < 4.78 is 22.1. The molecule has 0 aromatic heterocycles. The second-order valence-corrected chi connectivity index (χ2v) is 5.27. The van der Waals surface area contributed by atoms with Crippen LogP contribution in [0.1, 0.15) is 0 Å². The highest BCUT2D eigenvalue weighted by molar-refractivity contribution is 7.89. The van der Waals surface area contributed by atoms with Crippen LogP contribution in [0, 0.1) is 11.3 Å². The number of nitrogens with zero attached hydrogens (tertiary/aromatic N) is 4. The van der Waals surface area contributed by atoms with Crippen LogP contribution in [0.25, 0.3) is 0 Å². The molecule has 10 heteroatoms. The minimum absolute atomic E-state index is 0.0486. The maximum absolute atomic E-state index is 11.2. The second kappa shape index (κ2) is 5.16. The molecule has 9 nitrogen and oxygen atoms in total. The van der Waals surface area contributed by atoms with Crippen molar-refractivity contribution in [3.05, 3.63) is 24.3 Å². The second-order valence-electron chi connectivity index (χ2n) is 3.71. The third-order valence-electron chi connectivity index (χ3n) is 2.28. The highest BCUT2D eigenvalue weighted by Gasteiger charge is 2.25. The topological polar surface area (TPSA) is 150 Å². The van der Waals surface area contributed by atoms with E-state index in [2.05, 4.69) is 20.5 Å². The van der Waals surface area contributed by atoms with Gasteiger partial charge < -0.3 is 0 Å². The Morgan fingerprint density at radius 1 is 1.30 bits per heavy atom. The molecule has 0 aliphatic carbocycles. The number of guanidine groups is 1. The van der Waals surface area contributed by atoms with Crippen LogP contribution in [0.15, 0.2) is 44.4 Å². The van der Waals surface area contributed by atoms with Crippen LogP contribution in [0.4, 0.5) is 5.69 Å². The first-order valence-corrected chi connectivity index (χ1v) is 6.77. The number of hydrogen-bond donors (Lipinski definition) is 2. The van der Waals surface area contributed by atoms with Crippen molar-refractivity contribution in [2.75, 3.05) is 0 Å². The minimum Gasteiger partial charge on any atom is -0.291 e. The number of benzene rings is 1. The number of carbonyl (C=O) groups excluding carboxylic acids is 1. The van der Waals surface area contributed by atoms with Gasteiger partial charge in [-0.1, -0.05) is 0 Å². The summed E-state index contributed by atoms with van der Waals surface area (Å²) in [6.45, 7) is 0. The summed E-state index contributed by atoms with van der Waals surface area (Å²) in [5.41, 5.74) is 0.342. The number of azo groups is 1. The molecule has 3 N–H and O–H groups in total. The lowest BCUT2D eigenvalue weighted by molar-refractivity contribution is -0.119. The molecule has 1 unspecified atom stereocenters. The first kappa shape index (κ1) is 13.8. The van der Waals surface area contributed by atoms with Crippen LogP contribution in [-0.2, 0) is 14.8 Å². The third kappa shape index (κ3) is 3.02. The Bertz CT molecular complexity index is 744. The van der Waals surface area contributed by atoms with Crippen LogP contribution in [0.3, 0.4) is 0 Å². The zero-order chi connectivity index (χ0) is 14.8. The molecule has 1 amide bonds. The van der Waals surface area contributed by atoms with Crippen molar-refractivity contribution in [1.29, 1.82) is 5.26 Å². The lowest BCUT2D eigenvalue weighted by atomic mass is 10.3. The van der Waals surface area contributed by atoms with Crippen molar-refractivity contribution in [3.8, 4) is 6.07 Å². The molecule has 1 aromatic rings. The van der Waals surface area contributed by atoms with E-state index in [-0.39, 0.29) is 10.9 Å². The van der Waals surface area contributed by atoms with Crippen LogP contribution < -0.4 is 10.5 Å². The number of nitriles is 1. The van der Waals surface area contributed by atoms with E-state index in [9.17, 15) is 13.2 Å². The van der Waals surface area contributed by atoms with Crippen LogP contribution >= 0.6 is 0 Å². The summed E-state index contributed by atoms with van der Waals surface area (Å²) in [6.07, 6.45) is 0. The van der Waals surface area contributed by atoms with Gasteiger partial charge in [-0.2, -0.15) is 5.26 Å². The van der Waals surface area contributed by atoms with E-state index in [0.29, 0.717) is 5.69 Å². The Balaban J connectivity index is 2.14. The summed E-state index contributed by atoms with van der Waals surface area (Å²) in [4.78, 5) is 14.8. The van der Waals surface area contributed by atoms with E-state index in [1.807, 2.05) is 0 Å². The van der Waals surface area contributed by atoms with E-state index in [1.54, 1.807) is 6.07 Å². The molecule has 1 aliphatic rings. The van der Waals surface area contributed by atoms with Crippen molar-refractivity contribution < 1.29 is 13.2 Å². The number of primary sulfonamides is 1. The summed E-state index contributed by atoms with van der Waals surface area (Å²) in [6, 6.07) is 5.90. The zero-order valence-electron chi connectivity index (χ0n) is 9.89. The van der Waals surface area contributed by atoms with Crippen LogP contribution in [-0.4, -0.2) is 26.3 Å². The maximum Gasteiger partial charge on any atom is 0.266 e. The number of carbonyl (C=O) groups is 1. The normalized spacial score (nSPS) is 18.7. The van der Waals surface area contributed by atoms with E-state index in [4.69, 9.17) is 10.4 Å². The van der Waals surface area contributed by atoms with E-state index in [1.165, 1.54) is 24.3 Å². The molecule has 0 saturated heterocycles. The lowest BCUT2D eigenvalue weighted by Crippen LogP contribution is -2.26. The van der Waals surface area contributed by atoms with Gasteiger partial charge in [0.25, 0.3) is 5.91 Å². The van der Waals surface area contributed by atoms with Gasteiger partial charge in [-0.25, -0.2) is 18.5 Å². The van der Waals surface area contributed by atoms with Crippen molar-refractivity contribution >= 4 is 27.6 Å². The Morgan fingerprint density at radius 2 is 1.95 bits per heavy atom. The van der Waals surface area contributed by atoms with Gasteiger partial charge in [-0.15, -0.1) is 10.2 Å². The van der Waals surface area contributed by atoms with Crippen molar-refractivity contribution in [3.63, 3.8) is 0 Å². The zero-order valence-corrected chi connectivity index (χ0v) is 10.7. The molecular formula is C10H8N6O3S. The molecule has 0 spiro atoms. The average molecular weight is 292 g/mol. The SMILES string of the molecule is N#CC1N=C(N=Nc2ccc(S(N)(=O)=O)cc2)NC1=O. The quantitative estimate of drug-likeness (QED) is 0.725. The third-order valence-corrected chi connectivity index (χ3v) is 3.21. The summed E-state index contributed by atoms with van der Waals surface area (Å²) in [5, 5.41) is 23.2. The molecule has 102 valence electrons. The molecule has 0 radical (unpaired) electrons. The van der Waals surface area contributed by atoms with Crippen LogP contribution in [0.5, 0.6) is 0 Å². The molecule has 1 atom stereocenters. The largest absolute Gasteiger partial charge is 0.291 e. The summed E-state index contributed by atoms with van der Waals surface area (Å²) in [7, 11) is -3.76. The number of rotatable bonds is 2. The summed E-state index contributed by atoms with van der Waals surface area (Å²) >= 11 is 0. The Morgan fingerprint density at radius 3 is 2.45 bits per heavy atom. The smallest absolute Gasteiger partial charge is 0.266 e. The molecule has 0 saturated carbocycles. The molecule has 1 aromatic carbocycles. The molecule has 2 rings (SSSR count). The Hall–Kier alpha value is -2.64. The number of nitrogens with one attached hydrogen (secondary N) is 1. The number of nitrogens with two attached hydrogens (primary N) is 1. The van der Waals surface area contributed by atoms with Gasteiger partial charge >= 0.3 is 0 Å². The number of hydrogen-bond acceptors (Lipinski definition) is 7. The number of sulfonamides is 1. The van der Waals surface area contributed by atoms with Gasteiger partial charge in [0, 0.05) is 0 Å².